The molecule has 1 amide bonds. The third-order valence-electron chi connectivity index (χ3n) is 4.36. The molecule has 0 unspecified atom stereocenters. The van der Waals surface area contributed by atoms with Crippen molar-refractivity contribution in [1.82, 2.24) is 14.8 Å². The van der Waals surface area contributed by atoms with Crippen molar-refractivity contribution < 1.29 is 9.21 Å². The molecule has 2 heterocycles. The van der Waals surface area contributed by atoms with Gasteiger partial charge in [0.15, 0.2) is 10.9 Å². The summed E-state index contributed by atoms with van der Waals surface area (Å²) in [5.41, 5.74) is 1.93. The first-order valence-corrected chi connectivity index (χ1v) is 11.5. The normalized spacial score (nSPS) is 10.8. The summed E-state index contributed by atoms with van der Waals surface area (Å²) in [5.74, 6) is 1.42. The number of thioether (sulfide) groups is 2. The van der Waals surface area contributed by atoms with Crippen LogP contribution >= 0.6 is 23.5 Å². The Balaban J connectivity index is 1.51. The molecule has 2 aromatic carbocycles. The Bertz CT molecular complexity index is 1110. The number of amides is 1. The molecule has 0 spiro atoms. The van der Waals surface area contributed by atoms with Gasteiger partial charge in [0.25, 0.3) is 0 Å². The van der Waals surface area contributed by atoms with Crippen LogP contribution in [0.25, 0.3) is 11.6 Å². The topological polar surface area (TPSA) is 73.0 Å². The molecule has 8 heteroatoms. The molecular weight excluding hydrogens is 416 g/mol. The molecule has 4 aromatic rings. The minimum Gasteiger partial charge on any atom is -0.461 e. The molecule has 0 saturated heterocycles. The standard InChI is InChI=1S/C22H20N4O2S2/c1-29-19-12-6-5-10-17(19)23-20(27)15-30-22-25-24-21(18-11-7-13-28-18)26(22)14-16-8-3-2-4-9-16/h2-13H,14-15H2,1H3,(H,23,27). The second-order valence-electron chi connectivity index (χ2n) is 6.39. The van der Waals surface area contributed by atoms with E-state index in [0.717, 1.165) is 16.1 Å². The summed E-state index contributed by atoms with van der Waals surface area (Å²) in [5, 5.41) is 12.3. The zero-order valence-corrected chi connectivity index (χ0v) is 18.0. The predicted molar refractivity (Wildman–Crippen MR) is 121 cm³/mol. The van der Waals surface area contributed by atoms with Gasteiger partial charge in [-0.05, 0) is 36.1 Å². The molecule has 2 aromatic heterocycles. The summed E-state index contributed by atoms with van der Waals surface area (Å²) in [4.78, 5) is 13.6. The number of nitrogens with zero attached hydrogens (tertiary/aromatic N) is 3. The first kappa shape index (κ1) is 20.3. The predicted octanol–water partition coefficient (Wildman–Crippen LogP) is 5.04. The van der Waals surface area contributed by atoms with Crippen LogP contribution in [-0.4, -0.2) is 32.7 Å². The van der Waals surface area contributed by atoms with Gasteiger partial charge in [-0.3, -0.25) is 9.36 Å². The monoisotopic (exact) mass is 436 g/mol. The largest absolute Gasteiger partial charge is 0.461 e. The molecule has 4 rings (SSSR count). The number of carbonyl (C=O) groups is 1. The lowest BCUT2D eigenvalue weighted by Crippen LogP contribution is -2.15. The SMILES string of the molecule is CSc1ccccc1NC(=O)CSc1nnc(-c2ccco2)n1Cc1ccccc1. The number of aromatic nitrogens is 3. The van der Waals surface area contributed by atoms with E-state index in [4.69, 9.17) is 4.42 Å². The summed E-state index contributed by atoms with van der Waals surface area (Å²) in [6.45, 7) is 0.586. The highest BCUT2D eigenvalue weighted by Crippen LogP contribution is 2.27. The van der Waals surface area contributed by atoms with Crippen LogP contribution in [-0.2, 0) is 11.3 Å². The van der Waals surface area contributed by atoms with Gasteiger partial charge in [-0.15, -0.1) is 22.0 Å². The van der Waals surface area contributed by atoms with Crippen LogP contribution in [0.1, 0.15) is 5.56 Å². The number of anilines is 1. The lowest BCUT2D eigenvalue weighted by Gasteiger charge is -2.10. The molecule has 152 valence electrons. The molecule has 0 aliphatic heterocycles. The zero-order chi connectivity index (χ0) is 20.8. The summed E-state index contributed by atoms with van der Waals surface area (Å²) < 4.78 is 7.50. The van der Waals surface area contributed by atoms with Crippen molar-refractivity contribution in [1.29, 1.82) is 0 Å². The number of hydrogen-bond acceptors (Lipinski definition) is 6. The van der Waals surface area contributed by atoms with Gasteiger partial charge in [0.05, 0.1) is 24.2 Å². The summed E-state index contributed by atoms with van der Waals surface area (Å²) in [7, 11) is 0. The highest BCUT2D eigenvalue weighted by molar-refractivity contribution is 7.99. The molecule has 0 atom stereocenters. The van der Waals surface area contributed by atoms with Gasteiger partial charge < -0.3 is 9.73 Å². The lowest BCUT2D eigenvalue weighted by molar-refractivity contribution is -0.113. The van der Waals surface area contributed by atoms with Crippen molar-refractivity contribution in [3.8, 4) is 11.6 Å². The number of rotatable bonds is 8. The Morgan fingerprint density at radius 2 is 1.83 bits per heavy atom. The fourth-order valence-corrected chi connectivity index (χ4v) is 4.25. The molecule has 0 fully saturated rings. The van der Waals surface area contributed by atoms with E-state index in [-0.39, 0.29) is 11.7 Å². The molecule has 6 nitrogen and oxygen atoms in total. The number of hydrogen-bond donors (Lipinski definition) is 1. The van der Waals surface area contributed by atoms with Gasteiger partial charge in [-0.2, -0.15) is 0 Å². The molecular formula is C22H20N4O2S2. The molecule has 30 heavy (non-hydrogen) atoms. The van der Waals surface area contributed by atoms with E-state index in [1.165, 1.54) is 11.8 Å². The highest BCUT2D eigenvalue weighted by Gasteiger charge is 2.18. The fourth-order valence-electron chi connectivity index (χ4n) is 2.96. The quantitative estimate of drug-likeness (QED) is 0.390. The van der Waals surface area contributed by atoms with E-state index in [1.54, 1.807) is 18.0 Å². The van der Waals surface area contributed by atoms with Crippen LogP contribution in [0, 0.1) is 0 Å². The Kier molecular flexibility index (Phi) is 6.56. The smallest absolute Gasteiger partial charge is 0.234 e. The third kappa shape index (κ3) is 4.77. The molecule has 0 bridgehead atoms. The summed E-state index contributed by atoms with van der Waals surface area (Å²) in [6, 6.07) is 21.5. The molecule has 1 N–H and O–H groups in total. The average Bonchev–Trinajstić information content (AvgIpc) is 3.43. The van der Waals surface area contributed by atoms with Crippen LogP contribution < -0.4 is 5.32 Å². The summed E-state index contributed by atoms with van der Waals surface area (Å²) >= 11 is 2.95. The molecule has 0 saturated carbocycles. The van der Waals surface area contributed by atoms with Crippen molar-refractivity contribution >= 4 is 35.1 Å². The maximum absolute atomic E-state index is 12.5. The van der Waals surface area contributed by atoms with Crippen molar-refractivity contribution in [2.45, 2.75) is 16.6 Å². The van der Waals surface area contributed by atoms with Gasteiger partial charge in [-0.1, -0.05) is 54.2 Å². The number of furan rings is 1. The van der Waals surface area contributed by atoms with Gasteiger partial charge in [0.2, 0.25) is 11.7 Å². The van der Waals surface area contributed by atoms with Crippen molar-refractivity contribution in [3.63, 3.8) is 0 Å². The first-order valence-electron chi connectivity index (χ1n) is 9.31. The van der Waals surface area contributed by atoms with E-state index >= 15 is 0 Å². The number of para-hydroxylation sites is 1. The molecule has 0 aliphatic carbocycles. The van der Waals surface area contributed by atoms with Gasteiger partial charge >= 0.3 is 0 Å². The number of nitrogens with one attached hydrogen (secondary N) is 1. The third-order valence-corrected chi connectivity index (χ3v) is 6.12. The van der Waals surface area contributed by atoms with Gasteiger partial charge in [-0.25, -0.2) is 0 Å². The lowest BCUT2D eigenvalue weighted by atomic mass is 10.2. The number of benzene rings is 2. The van der Waals surface area contributed by atoms with E-state index < -0.39 is 0 Å². The van der Waals surface area contributed by atoms with Crippen molar-refractivity contribution in [2.24, 2.45) is 0 Å². The van der Waals surface area contributed by atoms with Crippen molar-refractivity contribution in [2.75, 3.05) is 17.3 Å². The number of carbonyl (C=O) groups excluding carboxylic acids is 1. The second-order valence-corrected chi connectivity index (χ2v) is 8.18. The molecule has 0 aliphatic rings. The van der Waals surface area contributed by atoms with E-state index in [9.17, 15) is 4.79 Å². The summed E-state index contributed by atoms with van der Waals surface area (Å²) in [6.07, 6.45) is 3.60. The van der Waals surface area contributed by atoms with Crippen LogP contribution in [0.2, 0.25) is 0 Å². The minimum absolute atomic E-state index is 0.0877. The Morgan fingerprint density at radius 1 is 1.03 bits per heavy atom. The van der Waals surface area contributed by atoms with Crippen LogP contribution in [0.3, 0.4) is 0 Å². The van der Waals surface area contributed by atoms with E-state index in [1.807, 2.05) is 77.6 Å². The fraction of sp³-hybridized carbons (Fsp3) is 0.136. The maximum Gasteiger partial charge on any atom is 0.234 e. The van der Waals surface area contributed by atoms with Crippen LogP contribution in [0.15, 0.2) is 87.5 Å². The maximum atomic E-state index is 12.5. The Hall–Kier alpha value is -2.97. The Morgan fingerprint density at radius 3 is 2.60 bits per heavy atom. The minimum atomic E-state index is -0.0877. The van der Waals surface area contributed by atoms with E-state index in [2.05, 4.69) is 15.5 Å². The van der Waals surface area contributed by atoms with Gasteiger partial charge in [0.1, 0.15) is 0 Å². The average molecular weight is 437 g/mol. The van der Waals surface area contributed by atoms with Crippen molar-refractivity contribution in [3.05, 3.63) is 78.6 Å². The Labute approximate surface area is 183 Å². The first-order chi connectivity index (χ1) is 14.7. The zero-order valence-electron chi connectivity index (χ0n) is 16.3. The van der Waals surface area contributed by atoms with E-state index in [0.29, 0.717) is 23.3 Å². The highest BCUT2D eigenvalue weighted by atomic mass is 32.2. The van der Waals surface area contributed by atoms with Crippen LogP contribution in [0.5, 0.6) is 0 Å². The van der Waals surface area contributed by atoms with Gasteiger partial charge in [0, 0.05) is 4.90 Å². The molecule has 0 radical (unpaired) electrons. The van der Waals surface area contributed by atoms with Crippen LogP contribution in [0.4, 0.5) is 5.69 Å². The second kappa shape index (κ2) is 9.69.